The number of carbonyl (C=O) groups excluding carboxylic acids is 1. The molecule has 130 valence electrons. The number of hydrogen-bond donors (Lipinski definition) is 1. The topological polar surface area (TPSA) is 81.1 Å². The molecule has 2 aromatic rings. The molecule has 2 aliphatic rings. The zero-order chi connectivity index (χ0) is 17.8. The van der Waals surface area contributed by atoms with Crippen molar-refractivity contribution in [2.45, 2.75) is 26.3 Å². The van der Waals surface area contributed by atoms with Gasteiger partial charge in [-0.1, -0.05) is 18.2 Å². The second-order valence-corrected chi connectivity index (χ2v) is 8.87. The zero-order valence-electron chi connectivity index (χ0n) is 14.1. The number of nitrogens with one attached hydrogen (secondary N) is 1. The standard InChI is InChI=1S/C18H19N3O3S/c1-11-15(9-16-14-5-3-4-6-17(14)19-18(16)22)12(2)21(20-11)13-7-8-25(23,24)10-13/h3-6,9,13H,7-8,10H2,1-2H3,(H,19,22)/b16-9-. The van der Waals surface area contributed by atoms with E-state index in [-0.39, 0.29) is 23.5 Å². The van der Waals surface area contributed by atoms with E-state index >= 15 is 0 Å². The maximum atomic E-state index is 12.3. The van der Waals surface area contributed by atoms with Gasteiger partial charge in [-0.05, 0) is 32.4 Å². The number of para-hydroxylation sites is 1. The number of aryl methyl sites for hydroxylation is 1. The second kappa shape index (κ2) is 5.56. The van der Waals surface area contributed by atoms with Crippen LogP contribution in [0.5, 0.6) is 0 Å². The van der Waals surface area contributed by atoms with E-state index in [1.165, 1.54) is 0 Å². The molecule has 0 aliphatic carbocycles. The van der Waals surface area contributed by atoms with Crippen molar-refractivity contribution >= 4 is 33.1 Å². The monoisotopic (exact) mass is 357 g/mol. The van der Waals surface area contributed by atoms with Gasteiger partial charge in [0.15, 0.2) is 9.84 Å². The van der Waals surface area contributed by atoms with Gasteiger partial charge in [0.25, 0.3) is 5.91 Å². The first-order chi connectivity index (χ1) is 11.9. The Morgan fingerprint density at radius 2 is 2.04 bits per heavy atom. The fraction of sp³-hybridized carbons (Fsp3) is 0.333. The van der Waals surface area contributed by atoms with Crippen LogP contribution in [-0.4, -0.2) is 35.6 Å². The minimum atomic E-state index is -2.98. The highest BCUT2D eigenvalue weighted by atomic mass is 32.2. The number of fused-ring (bicyclic) bond motifs is 1. The molecule has 2 aliphatic heterocycles. The van der Waals surface area contributed by atoms with Crippen LogP contribution in [0.25, 0.3) is 11.6 Å². The molecule has 6 nitrogen and oxygen atoms in total. The highest BCUT2D eigenvalue weighted by Crippen LogP contribution is 2.34. The lowest BCUT2D eigenvalue weighted by atomic mass is 10.0. The summed E-state index contributed by atoms with van der Waals surface area (Å²) in [5, 5.41) is 7.42. The third kappa shape index (κ3) is 2.68. The van der Waals surface area contributed by atoms with Crippen LogP contribution in [0.2, 0.25) is 0 Å². The van der Waals surface area contributed by atoms with Gasteiger partial charge < -0.3 is 5.32 Å². The lowest BCUT2D eigenvalue weighted by Crippen LogP contribution is -2.14. The van der Waals surface area contributed by atoms with E-state index in [1.54, 1.807) is 0 Å². The van der Waals surface area contributed by atoms with Crippen molar-refractivity contribution in [3.8, 4) is 0 Å². The molecule has 0 saturated carbocycles. The lowest BCUT2D eigenvalue weighted by molar-refractivity contribution is -0.110. The third-order valence-electron chi connectivity index (χ3n) is 4.93. The molecular formula is C18H19N3O3S. The molecule has 0 radical (unpaired) electrons. The van der Waals surface area contributed by atoms with E-state index < -0.39 is 9.84 Å². The van der Waals surface area contributed by atoms with E-state index in [0.29, 0.717) is 12.0 Å². The largest absolute Gasteiger partial charge is 0.321 e. The fourth-order valence-electron chi connectivity index (χ4n) is 3.63. The van der Waals surface area contributed by atoms with Gasteiger partial charge in [0.05, 0.1) is 23.2 Å². The van der Waals surface area contributed by atoms with Crippen LogP contribution in [0, 0.1) is 13.8 Å². The van der Waals surface area contributed by atoms with Gasteiger partial charge in [-0.25, -0.2) is 8.42 Å². The van der Waals surface area contributed by atoms with Gasteiger partial charge >= 0.3 is 0 Å². The predicted molar refractivity (Wildman–Crippen MR) is 97.0 cm³/mol. The molecule has 1 aromatic heterocycles. The van der Waals surface area contributed by atoms with Crippen LogP contribution >= 0.6 is 0 Å². The molecule has 0 bridgehead atoms. The minimum absolute atomic E-state index is 0.124. The molecule has 0 spiro atoms. The summed E-state index contributed by atoms with van der Waals surface area (Å²) in [7, 11) is -2.98. The van der Waals surface area contributed by atoms with Gasteiger partial charge in [0.2, 0.25) is 0 Å². The van der Waals surface area contributed by atoms with Crippen molar-refractivity contribution in [2.24, 2.45) is 0 Å². The Morgan fingerprint density at radius 3 is 2.76 bits per heavy atom. The van der Waals surface area contributed by atoms with E-state index in [9.17, 15) is 13.2 Å². The second-order valence-electron chi connectivity index (χ2n) is 6.64. The molecule has 1 aromatic carbocycles. The quantitative estimate of drug-likeness (QED) is 0.837. The summed E-state index contributed by atoms with van der Waals surface area (Å²) in [5.41, 5.74) is 4.87. The molecule has 4 rings (SSSR count). The number of sulfone groups is 1. The van der Waals surface area contributed by atoms with Crippen LogP contribution < -0.4 is 5.32 Å². The number of nitrogens with zero attached hydrogens (tertiary/aromatic N) is 2. The third-order valence-corrected chi connectivity index (χ3v) is 6.68. The first kappa shape index (κ1) is 16.1. The Kier molecular flexibility index (Phi) is 3.57. The molecule has 1 fully saturated rings. The van der Waals surface area contributed by atoms with Crippen molar-refractivity contribution in [3.63, 3.8) is 0 Å². The fourth-order valence-corrected chi connectivity index (χ4v) is 5.33. The van der Waals surface area contributed by atoms with E-state index in [4.69, 9.17) is 0 Å². The van der Waals surface area contributed by atoms with Gasteiger partial charge in [-0.2, -0.15) is 5.10 Å². The summed E-state index contributed by atoms with van der Waals surface area (Å²) < 4.78 is 25.4. The Labute approximate surface area is 146 Å². The van der Waals surface area contributed by atoms with Gasteiger partial charge in [0, 0.05) is 28.1 Å². The minimum Gasteiger partial charge on any atom is -0.321 e. The predicted octanol–water partition coefficient (Wildman–Crippen LogP) is 2.35. The molecule has 1 unspecified atom stereocenters. The van der Waals surface area contributed by atoms with E-state index in [2.05, 4.69) is 10.4 Å². The van der Waals surface area contributed by atoms with Crippen molar-refractivity contribution in [1.29, 1.82) is 0 Å². The first-order valence-corrected chi connectivity index (χ1v) is 10.1. The van der Waals surface area contributed by atoms with Gasteiger partial charge in [-0.3, -0.25) is 9.48 Å². The summed E-state index contributed by atoms with van der Waals surface area (Å²) in [6.45, 7) is 3.81. The van der Waals surface area contributed by atoms with Gasteiger partial charge in [0.1, 0.15) is 0 Å². The van der Waals surface area contributed by atoms with Gasteiger partial charge in [-0.15, -0.1) is 0 Å². The van der Waals surface area contributed by atoms with Crippen LogP contribution in [-0.2, 0) is 14.6 Å². The molecule has 1 N–H and O–H groups in total. The zero-order valence-corrected chi connectivity index (χ0v) is 14.9. The number of hydrogen-bond acceptors (Lipinski definition) is 4. The Hall–Kier alpha value is -2.41. The van der Waals surface area contributed by atoms with Crippen molar-refractivity contribution in [1.82, 2.24) is 9.78 Å². The van der Waals surface area contributed by atoms with Crippen molar-refractivity contribution in [2.75, 3.05) is 16.8 Å². The number of benzene rings is 1. The summed E-state index contributed by atoms with van der Waals surface area (Å²) in [4.78, 5) is 12.3. The smallest absolute Gasteiger partial charge is 0.256 e. The number of rotatable bonds is 2. The van der Waals surface area contributed by atoms with Crippen molar-refractivity contribution < 1.29 is 13.2 Å². The van der Waals surface area contributed by atoms with E-state index in [0.717, 1.165) is 28.2 Å². The molecule has 25 heavy (non-hydrogen) atoms. The molecule has 3 heterocycles. The SMILES string of the molecule is Cc1nn(C2CCS(=O)(=O)C2)c(C)c1/C=C1\C(=O)Nc2ccccc21. The molecule has 1 saturated heterocycles. The summed E-state index contributed by atoms with van der Waals surface area (Å²) >= 11 is 0. The maximum absolute atomic E-state index is 12.3. The number of aromatic nitrogens is 2. The Balaban J connectivity index is 1.77. The number of amides is 1. The van der Waals surface area contributed by atoms with Crippen molar-refractivity contribution in [3.05, 3.63) is 46.8 Å². The number of anilines is 1. The van der Waals surface area contributed by atoms with Crippen LogP contribution in [0.3, 0.4) is 0 Å². The van der Waals surface area contributed by atoms with Crippen LogP contribution in [0.15, 0.2) is 24.3 Å². The summed E-state index contributed by atoms with van der Waals surface area (Å²) in [6, 6.07) is 7.45. The molecule has 1 atom stereocenters. The average Bonchev–Trinajstić information content (AvgIpc) is 3.16. The summed E-state index contributed by atoms with van der Waals surface area (Å²) in [5.74, 6) is 0.215. The highest BCUT2D eigenvalue weighted by Gasteiger charge is 2.32. The van der Waals surface area contributed by atoms with Crippen LogP contribution in [0.4, 0.5) is 5.69 Å². The Morgan fingerprint density at radius 1 is 1.28 bits per heavy atom. The Bertz CT molecular complexity index is 1020. The molecule has 7 heteroatoms. The highest BCUT2D eigenvalue weighted by molar-refractivity contribution is 7.91. The average molecular weight is 357 g/mol. The van der Waals surface area contributed by atoms with E-state index in [1.807, 2.05) is 48.9 Å². The molecule has 1 amide bonds. The van der Waals surface area contributed by atoms with Crippen LogP contribution in [0.1, 0.15) is 35.0 Å². The lowest BCUT2D eigenvalue weighted by Gasteiger charge is -2.11. The first-order valence-electron chi connectivity index (χ1n) is 8.24. The molecular weight excluding hydrogens is 338 g/mol. The normalized spacial score (nSPS) is 23.0. The summed E-state index contributed by atoms with van der Waals surface area (Å²) in [6.07, 6.45) is 2.45. The number of carbonyl (C=O) groups is 1. The maximum Gasteiger partial charge on any atom is 0.256 e.